The van der Waals surface area contributed by atoms with Gasteiger partial charge in [0.25, 0.3) is 5.91 Å². The van der Waals surface area contributed by atoms with E-state index in [1.54, 1.807) is 35.5 Å². The summed E-state index contributed by atoms with van der Waals surface area (Å²) >= 11 is 3.12. The van der Waals surface area contributed by atoms with Crippen molar-refractivity contribution in [2.45, 2.75) is 63.9 Å². The van der Waals surface area contributed by atoms with Crippen LogP contribution in [0.5, 0.6) is 0 Å². The monoisotopic (exact) mass is 544 g/mol. The highest BCUT2D eigenvalue weighted by atomic mass is 32.2. The molecule has 0 spiro atoms. The average molecular weight is 545 g/mol. The molecule has 2 atom stereocenters. The van der Waals surface area contributed by atoms with Gasteiger partial charge in [0.15, 0.2) is 11.0 Å². The summed E-state index contributed by atoms with van der Waals surface area (Å²) < 4.78 is 2.09. The molecule has 0 N–H and O–H groups in total. The first kappa shape index (κ1) is 25.2. The van der Waals surface area contributed by atoms with Crippen LogP contribution >= 0.6 is 23.1 Å². The van der Waals surface area contributed by atoms with Crippen LogP contribution in [-0.4, -0.2) is 48.1 Å². The molecule has 1 amide bonds. The summed E-state index contributed by atoms with van der Waals surface area (Å²) in [6.07, 6.45) is 6.89. The number of rotatable bonds is 6. The number of thiazole rings is 1. The van der Waals surface area contributed by atoms with Crippen molar-refractivity contribution in [3.8, 4) is 17.1 Å². The topological polar surface area (TPSA) is 76.8 Å². The normalized spacial score (nSPS) is 22.1. The number of pyridine rings is 1. The molecule has 1 saturated heterocycles. The summed E-state index contributed by atoms with van der Waals surface area (Å²) in [7, 11) is 0. The number of carbonyl (C=O) groups is 1. The molecule has 2 fully saturated rings. The van der Waals surface area contributed by atoms with Crippen molar-refractivity contribution >= 4 is 29.0 Å². The molecule has 9 heteroatoms. The number of benzene rings is 1. The summed E-state index contributed by atoms with van der Waals surface area (Å²) in [5.41, 5.74) is 4.13. The Hall–Kier alpha value is -3.04. The quantitative estimate of drug-likeness (QED) is 0.261. The number of hydrogen-bond acceptors (Lipinski definition) is 7. The van der Waals surface area contributed by atoms with Crippen LogP contribution in [0.3, 0.4) is 0 Å². The van der Waals surface area contributed by atoms with E-state index >= 15 is 0 Å². The van der Waals surface area contributed by atoms with Crippen molar-refractivity contribution in [2.24, 2.45) is 10.8 Å². The zero-order valence-electron chi connectivity index (χ0n) is 22.2. The second-order valence-corrected chi connectivity index (χ2v) is 13.6. The van der Waals surface area contributed by atoms with E-state index in [-0.39, 0.29) is 16.7 Å². The first-order valence-corrected chi connectivity index (χ1v) is 14.9. The summed E-state index contributed by atoms with van der Waals surface area (Å²) in [5.74, 6) is 1.44. The number of nitrogens with zero attached hydrogens (tertiary/aromatic N) is 6. The van der Waals surface area contributed by atoms with Crippen LogP contribution in [0.4, 0.5) is 0 Å². The number of fused-ring (bicyclic) bond motifs is 2. The summed E-state index contributed by atoms with van der Waals surface area (Å²) in [4.78, 5) is 24.6. The van der Waals surface area contributed by atoms with Gasteiger partial charge in [-0.2, -0.15) is 0 Å². The number of thioether (sulfide) groups is 1. The van der Waals surface area contributed by atoms with Crippen molar-refractivity contribution in [1.82, 2.24) is 29.6 Å². The standard InChI is InChI=1S/C29H32N6OS2/c1-19-8-5-6-10-23(19)35-25(20-9-7-11-30-14-20)32-33-27(35)38-16-24-31-22(15-37-24)26(36)34-18-29(4)13-21(34)12-28(2,3)17-29/h5-11,14-15,21H,12-13,16-18H2,1-4H3. The minimum atomic E-state index is 0.0749. The van der Waals surface area contributed by atoms with Crippen LogP contribution in [-0.2, 0) is 5.75 Å². The molecule has 1 aliphatic carbocycles. The lowest BCUT2D eigenvalue weighted by molar-refractivity contribution is 0.0703. The number of amides is 1. The van der Waals surface area contributed by atoms with E-state index in [9.17, 15) is 4.79 Å². The van der Waals surface area contributed by atoms with Crippen LogP contribution in [0.25, 0.3) is 17.1 Å². The Bertz CT molecular complexity index is 1480. The van der Waals surface area contributed by atoms with Crippen molar-refractivity contribution < 1.29 is 4.79 Å². The fourth-order valence-corrected chi connectivity index (χ4v) is 8.25. The van der Waals surface area contributed by atoms with Crippen molar-refractivity contribution in [3.05, 3.63) is 70.4 Å². The fraction of sp³-hybridized carbons (Fsp3) is 0.414. The van der Waals surface area contributed by atoms with Gasteiger partial charge in [-0.25, -0.2) is 4.98 Å². The number of para-hydroxylation sites is 1. The van der Waals surface area contributed by atoms with Crippen LogP contribution in [0, 0.1) is 17.8 Å². The SMILES string of the molecule is Cc1ccccc1-n1c(SCc2nc(C(=O)N3CC4(C)CC3CC(C)(C)C4)cs2)nnc1-c1cccnc1. The lowest BCUT2D eigenvalue weighted by Gasteiger charge is -2.39. The highest BCUT2D eigenvalue weighted by molar-refractivity contribution is 7.98. The van der Waals surface area contributed by atoms with E-state index in [2.05, 4.69) is 64.5 Å². The van der Waals surface area contributed by atoms with Gasteiger partial charge < -0.3 is 4.90 Å². The number of carbonyl (C=O) groups excluding carboxylic acids is 1. The third-order valence-electron chi connectivity index (χ3n) is 7.68. The number of aromatic nitrogens is 5. The number of hydrogen-bond donors (Lipinski definition) is 0. The zero-order chi connectivity index (χ0) is 26.5. The van der Waals surface area contributed by atoms with Crippen LogP contribution in [0.1, 0.15) is 61.1 Å². The largest absolute Gasteiger partial charge is 0.334 e. The van der Waals surface area contributed by atoms with Crippen LogP contribution in [0.2, 0.25) is 0 Å². The lowest BCUT2D eigenvalue weighted by atomic mass is 9.65. The highest BCUT2D eigenvalue weighted by Gasteiger charge is 2.51. The maximum Gasteiger partial charge on any atom is 0.273 e. The predicted octanol–water partition coefficient (Wildman–Crippen LogP) is 6.43. The van der Waals surface area contributed by atoms with Gasteiger partial charge in [0.2, 0.25) is 0 Å². The van der Waals surface area contributed by atoms with E-state index in [4.69, 9.17) is 4.98 Å². The molecule has 196 valence electrons. The highest BCUT2D eigenvalue weighted by Crippen LogP contribution is 2.52. The van der Waals surface area contributed by atoms with Gasteiger partial charge in [-0.3, -0.25) is 14.3 Å². The van der Waals surface area contributed by atoms with E-state index in [1.165, 1.54) is 6.42 Å². The minimum absolute atomic E-state index is 0.0749. The van der Waals surface area contributed by atoms with Crippen molar-refractivity contribution in [1.29, 1.82) is 0 Å². The molecule has 4 aromatic rings. The second-order valence-electron chi connectivity index (χ2n) is 11.7. The van der Waals surface area contributed by atoms with E-state index in [0.29, 0.717) is 17.5 Å². The maximum absolute atomic E-state index is 13.5. The summed E-state index contributed by atoms with van der Waals surface area (Å²) in [5, 5.41) is 12.7. The van der Waals surface area contributed by atoms with Gasteiger partial charge in [-0.05, 0) is 60.8 Å². The lowest BCUT2D eigenvalue weighted by Crippen LogP contribution is -2.37. The fourth-order valence-electron chi connectivity index (χ4n) is 6.52. The van der Waals surface area contributed by atoms with E-state index in [0.717, 1.165) is 52.2 Å². The first-order valence-electron chi connectivity index (χ1n) is 13.0. The van der Waals surface area contributed by atoms with Gasteiger partial charge in [-0.15, -0.1) is 21.5 Å². The maximum atomic E-state index is 13.5. The smallest absolute Gasteiger partial charge is 0.273 e. The Morgan fingerprint density at radius 1 is 1.13 bits per heavy atom. The Morgan fingerprint density at radius 3 is 2.76 bits per heavy atom. The summed E-state index contributed by atoms with van der Waals surface area (Å²) in [6, 6.07) is 12.4. The number of aryl methyl sites for hydroxylation is 1. The molecule has 1 aromatic carbocycles. The van der Waals surface area contributed by atoms with Gasteiger partial charge in [0, 0.05) is 35.9 Å². The van der Waals surface area contributed by atoms with Crippen molar-refractivity contribution in [3.63, 3.8) is 0 Å². The van der Waals surface area contributed by atoms with Crippen LogP contribution < -0.4 is 0 Å². The second kappa shape index (κ2) is 9.61. The predicted molar refractivity (Wildman–Crippen MR) is 152 cm³/mol. The van der Waals surface area contributed by atoms with Gasteiger partial charge in [0.05, 0.1) is 11.4 Å². The molecular weight excluding hydrogens is 512 g/mol. The van der Waals surface area contributed by atoms with Crippen molar-refractivity contribution in [2.75, 3.05) is 6.54 Å². The van der Waals surface area contributed by atoms with E-state index < -0.39 is 0 Å². The third kappa shape index (κ3) is 4.78. The molecule has 2 bridgehead atoms. The Labute approximate surface area is 231 Å². The summed E-state index contributed by atoms with van der Waals surface area (Å²) in [6.45, 7) is 9.92. The van der Waals surface area contributed by atoms with Gasteiger partial charge in [0.1, 0.15) is 10.7 Å². The Morgan fingerprint density at radius 2 is 1.97 bits per heavy atom. The molecule has 1 aliphatic heterocycles. The molecular formula is C29H32N6OS2. The van der Waals surface area contributed by atoms with Crippen LogP contribution in [0.15, 0.2) is 59.3 Å². The first-order chi connectivity index (χ1) is 18.2. The zero-order valence-corrected chi connectivity index (χ0v) is 23.9. The molecule has 6 rings (SSSR count). The van der Waals surface area contributed by atoms with E-state index in [1.807, 2.05) is 29.6 Å². The molecule has 38 heavy (non-hydrogen) atoms. The average Bonchev–Trinajstić information content (AvgIpc) is 3.58. The number of likely N-dealkylation sites (tertiary alicyclic amines) is 1. The minimum Gasteiger partial charge on any atom is -0.334 e. The molecule has 7 nitrogen and oxygen atoms in total. The molecule has 0 radical (unpaired) electrons. The van der Waals surface area contributed by atoms with Gasteiger partial charge in [-0.1, -0.05) is 50.7 Å². The third-order valence-corrected chi connectivity index (χ3v) is 9.65. The molecule has 4 heterocycles. The molecule has 2 aliphatic rings. The molecule has 3 aromatic heterocycles. The van der Waals surface area contributed by atoms with Gasteiger partial charge >= 0.3 is 0 Å². The Kier molecular flexibility index (Phi) is 6.39. The Balaban J connectivity index is 1.22. The molecule has 2 unspecified atom stereocenters. The molecule has 1 saturated carbocycles.